The summed E-state index contributed by atoms with van der Waals surface area (Å²) >= 11 is 0. The topological polar surface area (TPSA) is 55.8 Å². The smallest absolute Gasteiger partial charge is 0.338 e. The van der Waals surface area contributed by atoms with Gasteiger partial charge in [0.25, 0.3) is 0 Å². The van der Waals surface area contributed by atoms with Crippen molar-refractivity contribution in [2.45, 2.75) is 25.6 Å². The summed E-state index contributed by atoms with van der Waals surface area (Å²) in [5.74, 6) is -1.08. The van der Waals surface area contributed by atoms with Crippen LogP contribution in [0.3, 0.4) is 0 Å². The number of carbonyl (C=O) groups excluding carboxylic acids is 1. The lowest BCUT2D eigenvalue weighted by Gasteiger charge is -2.38. The summed E-state index contributed by atoms with van der Waals surface area (Å²) in [4.78, 5) is 12.2. The van der Waals surface area contributed by atoms with Gasteiger partial charge in [0.05, 0.1) is 13.7 Å². The number of aliphatic hydroxyl groups is 1. The van der Waals surface area contributed by atoms with Crippen molar-refractivity contribution in [2.75, 3.05) is 13.7 Å². The van der Waals surface area contributed by atoms with E-state index in [9.17, 15) is 14.3 Å². The fraction of sp³-hybridized carbons (Fsp3) is 0.350. The fourth-order valence-corrected chi connectivity index (χ4v) is 2.69. The summed E-state index contributed by atoms with van der Waals surface area (Å²) in [7, 11) is 1.20. The zero-order valence-corrected chi connectivity index (χ0v) is 14.6. The van der Waals surface area contributed by atoms with Crippen LogP contribution in [-0.2, 0) is 19.9 Å². The fourth-order valence-electron chi connectivity index (χ4n) is 2.69. The molecule has 5 heteroatoms. The second kappa shape index (κ2) is 8.23. The first-order valence-corrected chi connectivity index (χ1v) is 8.13. The van der Waals surface area contributed by atoms with E-state index in [-0.39, 0.29) is 5.92 Å². The third-order valence-corrected chi connectivity index (χ3v) is 3.93. The predicted octanol–water partition coefficient (Wildman–Crippen LogP) is 3.28. The van der Waals surface area contributed by atoms with Gasteiger partial charge in [-0.1, -0.05) is 56.3 Å². The van der Waals surface area contributed by atoms with Crippen LogP contribution < -0.4 is 0 Å². The molecule has 4 nitrogen and oxygen atoms in total. The van der Waals surface area contributed by atoms with Crippen molar-refractivity contribution in [3.8, 4) is 0 Å². The molecule has 0 heterocycles. The molecule has 2 aromatic rings. The second-order valence-corrected chi connectivity index (χ2v) is 6.24. The Bertz CT molecular complexity index is 685. The monoisotopic (exact) mass is 346 g/mol. The highest BCUT2D eigenvalue weighted by molar-refractivity contribution is 5.77. The van der Waals surface area contributed by atoms with E-state index >= 15 is 0 Å². The molecule has 0 fully saturated rings. The maximum absolute atomic E-state index is 13.4. The van der Waals surface area contributed by atoms with Crippen LogP contribution in [0, 0.1) is 11.7 Å². The van der Waals surface area contributed by atoms with Gasteiger partial charge in [-0.2, -0.15) is 0 Å². The standard InChI is InChI=1S/C20H23FO4/c1-14(2)13-25-20(18(22)19(23)24-3,15-7-5-4-6-8-15)16-9-11-17(21)12-10-16/h4-12,14,18,22H,13H2,1-3H3/t18-,20+/m0/s1. The zero-order valence-electron chi connectivity index (χ0n) is 14.6. The molecule has 0 aliphatic heterocycles. The van der Waals surface area contributed by atoms with Gasteiger partial charge in [-0.15, -0.1) is 0 Å². The molecule has 0 aliphatic carbocycles. The van der Waals surface area contributed by atoms with Crippen LogP contribution in [0.1, 0.15) is 25.0 Å². The molecule has 0 aliphatic rings. The van der Waals surface area contributed by atoms with Crippen LogP contribution in [0.5, 0.6) is 0 Å². The first-order chi connectivity index (χ1) is 11.9. The molecule has 0 bridgehead atoms. The molecule has 2 rings (SSSR count). The third-order valence-electron chi connectivity index (χ3n) is 3.93. The Morgan fingerprint density at radius 2 is 1.64 bits per heavy atom. The molecular formula is C20H23FO4. The molecule has 2 atom stereocenters. The highest BCUT2D eigenvalue weighted by atomic mass is 19.1. The molecule has 25 heavy (non-hydrogen) atoms. The summed E-state index contributed by atoms with van der Waals surface area (Å²) in [5.41, 5.74) is -0.439. The molecule has 0 aromatic heterocycles. The first kappa shape index (κ1) is 19.1. The lowest BCUT2D eigenvalue weighted by Crippen LogP contribution is -2.48. The molecule has 0 radical (unpaired) electrons. The van der Waals surface area contributed by atoms with E-state index in [1.807, 2.05) is 19.9 Å². The Kier molecular flexibility index (Phi) is 6.28. The highest BCUT2D eigenvalue weighted by Gasteiger charge is 2.47. The number of esters is 1. The Hall–Kier alpha value is -2.24. The summed E-state index contributed by atoms with van der Waals surface area (Å²) < 4.78 is 24.3. The van der Waals surface area contributed by atoms with Crippen LogP contribution in [0.25, 0.3) is 0 Å². The molecule has 0 saturated heterocycles. The molecule has 0 amide bonds. The zero-order chi connectivity index (χ0) is 18.4. The number of benzene rings is 2. The van der Waals surface area contributed by atoms with Crippen LogP contribution in [0.2, 0.25) is 0 Å². The molecule has 0 spiro atoms. The molecule has 2 aromatic carbocycles. The lowest BCUT2D eigenvalue weighted by molar-refractivity contribution is -0.172. The Morgan fingerprint density at radius 1 is 1.08 bits per heavy atom. The van der Waals surface area contributed by atoms with Crippen molar-refractivity contribution in [3.05, 3.63) is 71.5 Å². The number of halogens is 1. The number of methoxy groups -OCH3 is 1. The van der Waals surface area contributed by atoms with Crippen molar-refractivity contribution < 1.29 is 23.8 Å². The van der Waals surface area contributed by atoms with Gasteiger partial charge in [0.2, 0.25) is 0 Å². The minimum atomic E-state index is -1.61. The SMILES string of the molecule is COC(=O)[C@H](O)[C@@](OCC(C)C)(c1ccccc1)c1ccc(F)cc1. The number of hydrogen-bond donors (Lipinski definition) is 1. The average Bonchev–Trinajstić information content (AvgIpc) is 2.63. The van der Waals surface area contributed by atoms with Gasteiger partial charge >= 0.3 is 5.97 Å². The van der Waals surface area contributed by atoms with Crippen LogP contribution in [0.4, 0.5) is 4.39 Å². The molecule has 0 unspecified atom stereocenters. The quantitative estimate of drug-likeness (QED) is 0.782. The number of aliphatic hydroxyl groups excluding tert-OH is 1. The number of carbonyl (C=O) groups is 1. The van der Waals surface area contributed by atoms with E-state index in [0.29, 0.717) is 17.7 Å². The number of rotatable bonds is 7. The predicted molar refractivity (Wildman–Crippen MR) is 92.4 cm³/mol. The van der Waals surface area contributed by atoms with E-state index in [2.05, 4.69) is 0 Å². The minimum Gasteiger partial charge on any atom is -0.467 e. The summed E-state index contributed by atoms with van der Waals surface area (Å²) in [6.07, 6.45) is -1.61. The maximum atomic E-state index is 13.4. The van der Waals surface area contributed by atoms with Gasteiger partial charge in [-0.25, -0.2) is 9.18 Å². The minimum absolute atomic E-state index is 0.161. The van der Waals surface area contributed by atoms with Gasteiger partial charge in [0.1, 0.15) is 5.82 Å². The number of ether oxygens (including phenoxy) is 2. The molecule has 0 saturated carbocycles. The molecule has 134 valence electrons. The van der Waals surface area contributed by atoms with Crippen molar-refractivity contribution in [2.24, 2.45) is 5.92 Å². The van der Waals surface area contributed by atoms with E-state index in [4.69, 9.17) is 9.47 Å². The Labute approximate surface area is 147 Å². The normalized spacial score (nSPS) is 14.8. The second-order valence-electron chi connectivity index (χ2n) is 6.24. The molecule has 1 N–H and O–H groups in total. The van der Waals surface area contributed by atoms with Crippen LogP contribution in [0.15, 0.2) is 54.6 Å². The van der Waals surface area contributed by atoms with E-state index in [0.717, 1.165) is 0 Å². The van der Waals surface area contributed by atoms with Crippen molar-refractivity contribution >= 4 is 5.97 Å². The van der Waals surface area contributed by atoms with Gasteiger partial charge < -0.3 is 14.6 Å². The maximum Gasteiger partial charge on any atom is 0.338 e. The van der Waals surface area contributed by atoms with Crippen molar-refractivity contribution in [1.82, 2.24) is 0 Å². The van der Waals surface area contributed by atoms with E-state index in [1.54, 1.807) is 24.3 Å². The Balaban J connectivity index is 2.67. The highest BCUT2D eigenvalue weighted by Crippen LogP contribution is 2.38. The van der Waals surface area contributed by atoms with Crippen LogP contribution in [-0.4, -0.2) is 30.9 Å². The van der Waals surface area contributed by atoms with Gasteiger partial charge in [-0.3, -0.25) is 0 Å². The largest absolute Gasteiger partial charge is 0.467 e. The summed E-state index contributed by atoms with van der Waals surface area (Å²) in [6, 6.07) is 14.5. The Morgan fingerprint density at radius 3 is 2.16 bits per heavy atom. The number of hydrogen-bond acceptors (Lipinski definition) is 4. The van der Waals surface area contributed by atoms with Gasteiger partial charge in [0.15, 0.2) is 11.7 Å². The molecular weight excluding hydrogens is 323 g/mol. The van der Waals surface area contributed by atoms with Gasteiger partial charge in [0, 0.05) is 0 Å². The van der Waals surface area contributed by atoms with Gasteiger partial charge in [-0.05, 0) is 29.2 Å². The first-order valence-electron chi connectivity index (χ1n) is 8.13. The average molecular weight is 346 g/mol. The van der Waals surface area contributed by atoms with E-state index < -0.39 is 23.5 Å². The summed E-state index contributed by atoms with van der Waals surface area (Å²) in [5, 5.41) is 10.8. The van der Waals surface area contributed by atoms with Crippen molar-refractivity contribution in [3.63, 3.8) is 0 Å². The summed E-state index contributed by atoms with van der Waals surface area (Å²) in [6.45, 7) is 4.22. The van der Waals surface area contributed by atoms with E-state index in [1.165, 1.54) is 31.4 Å². The third kappa shape index (κ3) is 4.06. The van der Waals surface area contributed by atoms with Crippen LogP contribution >= 0.6 is 0 Å². The lowest BCUT2D eigenvalue weighted by atomic mass is 9.81. The van der Waals surface area contributed by atoms with Crippen molar-refractivity contribution in [1.29, 1.82) is 0 Å².